The van der Waals surface area contributed by atoms with Gasteiger partial charge in [0.1, 0.15) is 17.2 Å². The number of rotatable bonds is 5. The molecule has 0 saturated carbocycles. The molecule has 4 rings (SSSR count). The number of hydrogen-bond donors (Lipinski definition) is 2. The van der Waals surface area contributed by atoms with E-state index in [4.69, 9.17) is 11.6 Å². The van der Waals surface area contributed by atoms with Gasteiger partial charge < -0.3 is 15.2 Å². The topological polar surface area (TPSA) is 71.8 Å². The fourth-order valence-electron chi connectivity index (χ4n) is 3.32. The molecule has 2 aromatic heterocycles. The molecule has 1 saturated heterocycles. The number of nitrogens with one attached hydrogen (secondary N) is 2. The summed E-state index contributed by atoms with van der Waals surface area (Å²) in [6.07, 6.45) is 3.55. The van der Waals surface area contributed by atoms with Gasteiger partial charge in [0.15, 0.2) is 5.65 Å². The molecule has 1 aliphatic rings. The van der Waals surface area contributed by atoms with Gasteiger partial charge in [0, 0.05) is 6.20 Å². The summed E-state index contributed by atoms with van der Waals surface area (Å²) in [6, 6.07) is 8.17. The number of carbonyl (C=O) groups is 1. The number of hydrogen-bond acceptors (Lipinski definition) is 4. The fourth-order valence-corrected chi connectivity index (χ4v) is 3.53. The van der Waals surface area contributed by atoms with Gasteiger partial charge in [0.05, 0.1) is 24.2 Å². The van der Waals surface area contributed by atoms with Crippen LogP contribution in [0.15, 0.2) is 36.5 Å². The molecule has 1 amide bonds. The molecule has 3 heterocycles. The van der Waals surface area contributed by atoms with Gasteiger partial charge in [-0.15, -0.1) is 0 Å². The highest BCUT2D eigenvalue weighted by atomic mass is 35.5. The quantitative estimate of drug-likeness (QED) is 0.706. The lowest BCUT2D eigenvalue weighted by Crippen LogP contribution is -2.40. The second-order valence-corrected chi connectivity index (χ2v) is 6.98. The molecule has 8 heteroatoms. The van der Waals surface area contributed by atoms with Crippen LogP contribution in [-0.4, -0.2) is 33.0 Å². The number of carbonyl (C=O) groups excluding carboxylic acids is 1. The second-order valence-electron chi connectivity index (χ2n) is 6.58. The highest BCUT2D eigenvalue weighted by molar-refractivity contribution is 6.30. The largest absolute Gasteiger partial charge is 0.348 e. The zero-order chi connectivity index (χ0) is 18.8. The lowest BCUT2D eigenvalue weighted by Gasteiger charge is -2.13. The highest BCUT2D eigenvalue weighted by Crippen LogP contribution is 2.20. The Labute approximate surface area is 160 Å². The Morgan fingerprint density at radius 2 is 2.30 bits per heavy atom. The first-order chi connectivity index (χ1) is 13.1. The van der Waals surface area contributed by atoms with Crippen molar-refractivity contribution in [2.24, 2.45) is 0 Å². The number of pyridine rings is 1. The molecule has 27 heavy (non-hydrogen) atoms. The molecule has 0 bridgehead atoms. The van der Waals surface area contributed by atoms with Crippen molar-refractivity contribution in [3.63, 3.8) is 0 Å². The molecule has 3 aromatic rings. The van der Waals surface area contributed by atoms with E-state index in [-0.39, 0.29) is 17.0 Å². The summed E-state index contributed by atoms with van der Waals surface area (Å²) >= 11 is 5.91. The van der Waals surface area contributed by atoms with Crippen molar-refractivity contribution in [3.05, 3.63) is 58.8 Å². The lowest BCUT2D eigenvalue weighted by molar-refractivity contribution is -0.123. The number of benzene rings is 1. The van der Waals surface area contributed by atoms with Gasteiger partial charge in [0.2, 0.25) is 5.91 Å². The molecule has 140 valence electrons. The van der Waals surface area contributed by atoms with Gasteiger partial charge in [-0.3, -0.25) is 4.79 Å². The molecular weight excluding hydrogens is 369 g/mol. The number of fused-ring (bicyclic) bond motifs is 1. The van der Waals surface area contributed by atoms with Crippen LogP contribution in [0.5, 0.6) is 0 Å². The van der Waals surface area contributed by atoms with Gasteiger partial charge in [-0.25, -0.2) is 14.4 Å². The Kier molecular flexibility index (Phi) is 5.05. The van der Waals surface area contributed by atoms with Crippen LogP contribution in [0.4, 0.5) is 4.39 Å². The first-order valence-electron chi connectivity index (χ1n) is 8.87. The molecule has 1 aromatic carbocycles. The Morgan fingerprint density at radius 1 is 1.41 bits per heavy atom. The minimum atomic E-state index is -0.453. The van der Waals surface area contributed by atoms with Gasteiger partial charge in [-0.1, -0.05) is 17.7 Å². The average molecular weight is 388 g/mol. The van der Waals surface area contributed by atoms with Crippen molar-refractivity contribution in [2.75, 3.05) is 6.54 Å². The molecule has 0 radical (unpaired) electrons. The van der Waals surface area contributed by atoms with E-state index in [1.54, 1.807) is 18.3 Å². The number of nitrogens with zero attached hydrogens (tertiary/aromatic N) is 3. The monoisotopic (exact) mass is 387 g/mol. The van der Waals surface area contributed by atoms with E-state index in [1.165, 1.54) is 6.07 Å². The maximum atomic E-state index is 13.5. The van der Waals surface area contributed by atoms with E-state index in [2.05, 4.69) is 20.6 Å². The summed E-state index contributed by atoms with van der Waals surface area (Å²) in [5.41, 5.74) is 2.28. The molecular formula is C19H19ClFN5O. The van der Waals surface area contributed by atoms with E-state index < -0.39 is 5.82 Å². The molecule has 6 nitrogen and oxygen atoms in total. The average Bonchev–Trinajstić information content (AvgIpc) is 3.32. The molecule has 0 aliphatic carbocycles. The molecule has 0 unspecified atom stereocenters. The molecule has 1 fully saturated rings. The summed E-state index contributed by atoms with van der Waals surface area (Å²) in [5.74, 6) is 0.213. The third-order valence-corrected chi connectivity index (χ3v) is 4.99. The van der Waals surface area contributed by atoms with Crippen LogP contribution >= 0.6 is 11.6 Å². The predicted octanol–water partition coefficient (Wildman–Crippen LogP) is 2.64. The van der Waals surface area contributed by atoms with Gasteiger partial charge in [0.25, 0.3) is 0 Å². The zero-order valence-corrected chi connectivity index (χ0v) is 15.3. The van der Waals surface area contributed by atoms with E-state index in [0.717, 1.165) is 30.5 Å². The summed E-state index contributed by atoms with van der Waals surface area (Å²) in [7, 11) is 0. The maximum Gasteiger partial charge on any atom is 0.237 e. The van der Waals surface area contributed by atoms with Crippen LogP contribution in [-0.2, 0) is 17.9 Å². The number of aromatic nitrogens is 3. The number of imidazole rings is 1. The van der Waals surface area contributed by atoms with Gasteiger partial charge in [-0.05, 0) is 49.2 Å². The Hall–Kier alpha value is -2.51. The minimum absolute atomic E-state index is 0.0242. The number of halogens is 2. The van der Waals surface area contributed by atoms with Crippen LogP contribution in [0, 0.1) is 5.82 Å². The zero-order valence-electron chi connectivity index (χ0n) is 14.6. The third-order valence-electron chi connectivity index (χ3n) is 4.71. The van der Waals surface area contributed by atoms with Gasteiger partial charge >= 0.3 is 0 Å². The van der Waals surface area contributed by atoms with Crippen LogP contribution in [0.1, 0.15) is 24.2 Å². The summed E-state index contributed by atoms with van der Waals surface area (Å²) in [4.78, 5) is 21.3. The van der Waals surface area contributed by atoms with Gasteiger partial charge in [-0.2, -0.15) is 0 Å². The van der Waals surface area contributed by atoms with Crippen LogP contribution < -0.4 is 10.6 Å². The Balaban J connectivity index is 1.60. The summed E-state index contributed by atoms with van der Waals surface area (Å²) < 4.78 is 15.4. The van der Waals surface area contributed by atoms with E-state index >= 15 is 0 Å². The Morgan fingerprint density at radius 3 is 3.07 bits per heavy atom. The van der Waals surface area contributed by atoms with Crippen LogP contribution in [0.3, 0.4) is 0 Å². The summed E-state index contributed by atoms with van der Waals surface area (Å²) in [6.45, 7) is 1.59. The van der Waals surface area contributed by atoms with Crippen molar-refractivity contribution in [2.45, 2.75) is 32.0 Å². The van der Waals surface area contributed by atoms with E-state index in [1.807, 2.05) is 16.7 Å². The van der Waals surface area contributed by atoms with E-state index in [9.17, 15) is 9.18 Å². The molecule has 0 spiro atoms. The second kappa shape index (κ2) is 7.62. The normalized spacial score (nSPS) is 16.7. The van der Waals surface area contributed by atoms with Crippen molar-refractivity contribution < 1.29 is 9.18 Å². The standard InChI is InChI=1S/C19H19ClFN5O/c20-13-9-12(5-6-14(13)21)11-26-17(25-15-3-1-8-23-18(15)26)10-24-19(27)16-4-2-7-22-16/h1,3,5-6,8-9,16,22H,2,4,7,10-11H2,(H,24,27)/t16-/m1/s1. The fraction of sp³-hybridized carbons (Fsp3) is 0.316. The third kappa shape index (κ3) is 3.79. The van der Waals surface area contributed by atoms with Crippen molar-refractivity contribution in [1.29, 1.82) is 0 Å². The Bertz CT molecular complexity index is 983. The molecule has 2 N–H and O–H groups in total. The maximum absolute atomic E-state index is 13.5. The highest BCUT2D eigenvalue weighted by Gasteiger charge is 2.22. The summed E-state index contributed by atoms with van der Waals surface area (Å²) in [5, 5.41) is 6.21. The smallest absolute Gasteiger partial charge is 0.237 e. The number of amides is 1. The molecule has 1 aliphatic heterocycles. The van der Waals surface area contributed by atoms with Crippen molar-refractivity contribution >= 4 is 28.7 Å². The SMILES string of the molecule is O=C(NCc1nc2cccnc2n1Cc1ccc(F)c(Cl)c1)[C@H]1CCCN1. The van der Waals surface area contributed by atoms with Crippen LogP contribution in [0.25, 0.3) is 11.2 Å². The minimum Gasteiger partial charge on any atom is -0.348 e. The lowest BCUT2D eigenvalue weighted by atomic mass is 10.2. The predicted molar refractivity (Wildman–Crippen MR) is 101 cm³/mol. The molecule has 1 atom stereocenters. The van der Waals surface area contributed by atoms with Crippen LogP contribution in [0.2, 0.25) is 5.02 Å². The first kappa shape index (κ1) is 17.9. The van der Waals surface area contributed by atoms with E-state index in [0.29, 0.717) is 24.6 Å². The van der Waals surface area contributed by atoms with Crippen molar-refractivity contribution in [3.8, 4) is 0 Å². The first-order valence-corrected chi connectivity index (χ1v) is 9.25. The van der Waals surface area contributed by atoms with Crippen molar-refractivity contribution in [1.82, 2.24) is 25.2 Å².